The van der Waals surface area contributed by atoms with E-state index in [2.05, 4.69) is 26.0 Å². The van der Waals surface area contributed by atoms with Crippen molar-refractivity contribution in [2.24, 2.45) is 0 Å². The number of carboxylic acid groups (broad SMARTS) is 1. The Labute approximate surface area is 99.9 Å². The molecule has 2 aromatic heterocycles. The number of carbonyl (C=O) groups is 1. The molecule has 1 N–H and O–H groups in total. The van der Waals surface area contributed by atoms with Crippen LogP contribution in [0.1, 0.15) is 16.1 Å². The third-order valence-electron chi connectivity index (χ3n) is 2.06. The van der Waals surface area contributed by atoms with Crippen LogP contribution < -0.4 is 0 Å². The van der Waals surface area contributed by atoms with Crippen molar-refractivity contribution in [3.05, 3.63) is 40.3 Å². The first-order valence-corrected chi connectivity index (χ1v) is 5.30. The molecule has 2 rings (SSSR count). The van der Waals surface area contributed by atoms with Crippen LogP contribution in [0.25, 0.3) is 5.82 Å². The van der Waals surface area contributed by atoms with Gasteiger partial charge in [-0.1, -0.05) is 6.07 Å². The first-order chi connectivity index (χ1) is 7.58. The van der Waals surface area contributed by atoms with Crippen LogP contribution in [0.2, 0.25) is 0 Å². The monoisotopic (exact) mass is 281 g/mol. The van der Waals surface area contributed by atoms with E-state index in [1.807, 2.05) is 6.07 Å². The number of halogens is 1. The van der Waals surface area contributed by atoms with Crippen molar-refractivity contribution >= 4 is 21.9 Å². The summed E-state index contributed by atoms with van der Waals surface area (Å²) in [6.45, 7) is 1.65. The highest BCUT2D eigenvalue weighted by Gasteiger charge is 2.12. The molecule has 82 valence electrons. The number of aryl methyl sites for hydroxylation is 1. The van der Waals surface area contributed by atoms with E-state index in [9.17, 15) is 4.79 Å². The van der Waals surface area contributed by atoms with Crippen molar-refractivity contribution in [3.8, 4) is 5.82 Å². The van der Waals surface area contributed by atoms with E-state index in [0.29, 0.717) is 16.1 Å². The van der Waals surface area contributed by atoms with Gasteiger partial charge in [-0.3, -0.25) is 0 Å². The third kappa shape index (κ3) is 1.96. The molecule has 0 aliphatic heterocycles. The molecular weight excluding hydrogens is 274 g/mol. The fraction of sp³-hybridized carbons (Fsp3) is 0.100. The second-order valence-electron chi connectivity index (χ2n) is 3.20. The number of carboxylic acids is 1. The topological polar surface area (TPSA) is 68.0 Å². The van der Waals surface area contributed by atoms with Gasteiger partial charge in [-0.2, -0.15) is 5.10 Å². The molecule has 0 unspecified atom stereocenters. The Balaban J connectivity index is 2.49. The molecule has 0 saturated carbocycles. The fourth-order valence-corrected chi connectivity index (χ4v) is 1.65. The van der Waals surface area contributed by atoms with Crippen molar-refractivity contribution in [2.45, 2.75) is 6.92 Å². The molecule has 0 fully saturated rings. The predicted molar refractivity (Wildman–Crippen MR) is 60.8 cm³/mol. The van der Waals surface area contributed by atoms with E-state index in [0.717, 1.165) is 0 Å². The van der Waals surface area contributed by atoms with E-state index >= 15 is 0 Å². The maximum atomic E-state index is 10.9. The molecule has 0 aliphatic rings. The van der Waals surface area contributed by atoms with Crippen LogP contribution >= 0.6 is 15.9 Å². The standard InChI is InChI=1S/C10H8BrN3O2/c1-6-7(10(15)16)5-14(13-6)9-4-2-3-8(11)12-9/h2-5H,1H3,(H,15,16). The molecule has 2 aromatic rings. The molecule has 2 heterocycles. The lowest BCUT2D eigenvalue weighted by Gasteiger charge is -1.99. The van der Waals surface area contributed by atoms with Gasteiger partial charge in [0.15, 0.2) is 5.82 Å². The Hall–Kier alpha value is -1.69. The van der Waals surface area contributed by atoms with Gasteiger partial charge in [0, 0.05) is 6.20 Å². The highest BCUT2D eigenvalue weighted by molar-refractivity contribution is 9.10. The van der Waals surface area contributed by atoms with Crippen LogP contribution in [0.3, 0.4) is 0 Å². The quantitative estimate of drug-likeness (QED) is 0.856. The Morgan fingerprint density at radius 3 is 2.81 bits per heavy atom. The van der Waals surface area contributed by atoms with Crippen molar-refractivity contribution in [1.82, 2.24) is 14.8 Å². The second kappa shape index (κ2) is 4.05. The van der Waals surface area contributed by atoms with Crippen LogP contribution in [-0.2, 0) is 0 Å². The van der Waals surface area contributed by atoms with Crippen LogP contribution in [0.5, 0.6) is 0 Å². The number of aromatic carboxylic acids is 1. The molecule has 0 atom stereocenters. The summed E-state index contributed by atoms with van der Waals surface area (Å²) in [5, 5.41) is 13.0. The van der Waals surface area contributed by atoms with Gasteiger partial charge < -0.3 is 5.11 Å². The van der Waals surface area contributed by atoms with E-state index in [-0.39, 0.29) is 5.56 Å². The maximum absolute atomic E-state index is 10.9. The normalized spacial score (nSPS) is 10.4. The molecule has 0 aromatic carbocycles. The predicted octanol–water partition coefficient (Wildman–Crippen LogP) is 2.04. The largest absolute Gasteiger partial charge is 0.478 e. The average molecular weight is 282 g/mol. The highest BCUT2D eigenvalue weighted by Crippen LogP contribution is 2.12. The first kappa shape index (κ1) is 10.8. The molecule has 0 spiro atoms. The van der Waals surface area contributed by atoms with E-state index in [1.165, 1.54) is 10.9 Å². The lowest BCUT2D eigenvalue weighted by Crippen LogP contribution is -1.98. The minimum absolute atomic E-state index is 0.182. The van der Waals surface area contributed by atoms with Gasteiger partial charge in [0.2, 0.25) is 0 Å². The lowest BCUT2D eigenvalue weighted by molar-refractivity contribution is 0.0696. The highest BCUT2D eigenvalue weighted by atomic mass is 79.9. The van der Waals surface area contributed by atoms with Crippen molar-refractivity contribution in [3.63, 3.8) is 0 Å². The minimum atomic E-state index is -0.987. The summed E-state index contributed by atoms with van der Waals surface area (Å²) in [7, 11) is 0. The summed E-state index contributed by atoms with van der Waals surface area (Å²) < 4.78 is 2.12. The van der Waals surface area contributed by atoms with Gasteiger partial charge in [-0.25, -0.2) is 14.5 Å². The van der Waals surface area contributed by atoms with E-state index < -0.39 is 5.97 Å². The van der Waals surface area contributed by atoms with E-state index in [1.54, 1.807) is 19.1 Å². The van der Waals surface area contributed by atoms with Crippen LogP contribution in [0.15, 0.2) is 29.0 Å². The number of hydrogen-bond acceptors (Lipinski definition) is 3. The van der Waals surface area contributed by atoms with Crippen molar-refractivity contribution < 1.29 is 9.90 Å². The molecule has 0 bridgehead atoms. The summed E-state index contributed by atoms with van der Waals surface area (Å²) in [4.78, 5) is 15.0. The number of pyridine rings is 1. The van der Waals surface area contributed by atoms with Crippen LogP contribution in [0, 0.1) is 6.92 Å². The van der Waals surface area contributed by atoms with Gasteiger partial charge in [0.1, 0.15) is 10.2 Å². The van der Waals surface area contributed by atoms with E-state index in [4.69, 9.17) is 5.11 Å². The number of hydrogen-bond donors (Lipinski definition) is 1. The molecule has 5 nitrogen and oxygen atoms in total. The average Bonchev–Trinajstić information content (AvgIpc) is 2.60. The van der Waals surface area contributed by atoms with Crippen molar-refractivity contribution in [2.75, 3.05) is 0 Å². The van der Waals surface area contributed by atoms with Gasteiger partial charge >= 0.3 is 5.97 Å². The summed E-state index contributed by atoms with van der Waals surface area (Å²) in [6, 6.07) is 5.35. The molecule has 0 radical (unpaired) electrons. The molecule has 16 heavy (non-hydrogen) atoms. The maximum Gasteiger partial charge on any atom is 0.339 e. The number of rotatable bonds is 2. The molecule has 0 saturated heterocycles. The SMILES string of the molecule is Cc1nn(-c2cccc(Br)n2)cc1C(=O)O. The van der Waals surface area contributed by atoms with Crippen molar-refractivity contribution in [1.29, 1.82) is 0 Å². The van der Waals surface area contributed by atoms with Gasteiger partial charge in [0.05, 0.1) is 5.69 Å². The summed E-state index contributed by atoms with van der Waals surface area (Å²) in [5.41, 5.74) is 0.649. The van der Waals surface area contributed by atoms with Gasteiger partial charge in [-0.05, 0) is 35.0 Å². The Morgan fingerprint density at radius 1 is 1.50 bits per heavy atom. The molecule has 6 heteroatoms. The molecular formula is C10H8BrN3O2. The van der Waals surface area contributed by atoms with Crippen LogP contribution in [-0.4, -0.2) is 25.8 Å². The summed E-state index contributed by atoms with van der Waals surface area (Å²) in [5.74, 6) is -0.413. The van der Waals surface area contributed by atoms with Crippen LogP contribution in [0.4, 0.5) is 0 Å². The smallest absolute Gasteiger partial charge is 0.339 e. The van der Waals surface area contributed by atoms with Gasteiger partial charge in [0.25, 0.3) is 0 Å². The zero-order valence-electron chi connectivity index (χ0n) is 8.38. The second-order valence-corrected chi connectivity index (χ2v) is 4.01. The Morgan fingerprint density at radius 2 is 2.25 bits per heavy atom. The zero-order valence-corrected chi connectivity index (χ0v) is 9.97. The Kier molecular flexibility index (Phi) is 2.74. The lowest BCUT2D eigenvalue weighted by atomic mass is 10.3. The fourth-order valence-electron chi connectivity index (χ4n) is 1.31. The Bertz CT molecular complexity index is 551. The summed E-state index contributed by atoms with van der Waals surface area (Å²) >= 11 is 3.25. The number of aromatic nitrogens is 3. The zero-order chi connectivity index (χ0) is 11.7. The third-order valence-corrected chi connectivity index (χ3v) is 2.51. The molecule has 0 amide bonds. The molecule has 0 aliphatic carbocycles. The minimum Gasteiger partial charge on any atom is -0.478 e. The summed E-state index contributed by atoms with van der Waals surface area (Å²) in [6.07, 6.45) is 1.45. The number of nitrogens with zero attached hydrogens (tertiary/aromatic N) is 3. The first-order valence-electron chi connectivity index (χ1n) is 4.50. The van der Waals surface area contributed by atoms with Gasteiger partial charge in [-0.15, -0.1) is 0 Å².